The van der Waals surface area contributed by atoms with Crippen molar-refractivity contribution < 1.29 is 4.79 Å². The summed E-state index contributed by atoms with van der Waals surface area (Å²) in [7, 11) is 3.59. The van der Waals surface area contributed by atoms with Gasteiger partial charge >= 0.3 is 0 Å². The number of nitriles is 1. The van der Waals surface area contributed by atoms with E-state index in [-0.39, 0.29) is 5.91 Å². The van der Waals surface area contributed by atoms with Crippen molar-refractivity contribution in [2.45, 2.75) is 20.4 Å². The predicted octanol–water partition coefficient (Wildman–Crippen LogP) is 2.18. The maximum atomic E-state index is 12.6. The van der Waals surface area contributed by atoms with Crippen molar-refractivity contribution in [2.75, 3.05) is 7.05 Å². The third-order valence-electron chi connectivity index (χ3n) is 3.55. The number of hydrogen-bond donors (Lipinski definition) is 0. The number of benzene rings is 1. The summed E-state index contributed by atoms with van der Waals surface area (Å²) in [4.78, 5) is 14.2. The zero-order chi connectivity index (χ0) is 15.6. The molecule has 1 heterocycles. The van der Waals surface area contributed by atoms with Gasteiger partial charge in [-0.1, -0.05) is 12.1 Å². The molecule has 0 atom stereocenters. The van der Waals surface area contributed by atoms with Crippen LogP contribution in [0.4, 0.5) is 0 Å². The fourth-order valence-corrected chi connectivity index (χ4v) is 2.36. The van der Waals surface area contributed by atoms with Gasteiger partial charge < -0.3 is 4.90 Å². The lowest BCUT2D eigenvalue weighted by atomic mass is 10.1. The van der Waals surface area contributed by atoms with Crippen molar-refractivity contribution in [2.24, 2.45) is 7.05 Å². The lowest BCUT2D eigenvalue weighted by Gasteiger charge is -2.17. The summed E-state index contributed by atoms with van der Waals surface area (Å²) in [5.41, 5.74) is 3.77. The van der Waals surface area contributed by atoms with E-state index in [1.54, 1.807) is 28.8 Å². The molecule has 0 aliphatic rings. The third kappa shape index (κ3) is 2.95. The Hall–Kier alpha value is -2.61. The molecule has 1 aromatic heterocycles. The molecule has 0 unspecified atom stereocenters. The minimum atomic E-state index is -0.0551. The van der Waals surface area contributed by atoms with Crippen LogP contribution in [0.2, 0.25) is 0 Å². The quantitative estimate of drug-likeness (QED) is 0.867. The van der Waals surface area contributed by atoms with Crippen molar-refractivity contribution in [3.8, 4) is 6.07 Å². The predicted molar refractivity (Wildman–Crippen MR) is 79.6 cm³/mol. The highest BCUT2D eigenvalue weighted by Crippen LogP contribution is 2.16. The van der Waals surface area contributed by atoms with Gasteiger partial charge in [-0.25, -0.2) is 0 Å². The molecule has 1 amide bonds. The van der Waals surface area contributed by atoms with Gasteiger partial charge in [0, 0.05) is 26.3 Å². The van der Waals surface area contributed by atoms with Crippen molar-refractivity contribution >= 4 is 5.91 Å². The summed E-state index contributed by atoms with van der Waals surface area (Å²) in [6.45, 7) is 4.18. The van der Waals surface area contributed by atoms with Crippen LogP contribution in [0.3, 0.4) is 0 Å². The van der Waals surface area contributed by atoms with E-state index in [2.05, 4.69) is 11.2 Å². The smallest absolute Gasteiger partial charge is 0.257 e. The average molecular weight is 282 g/mol. The molecule has 0 spiro atoms. The minimum absolute atomic E-state index is 0.0551. The number of amides is 1. The van der Waals surface area contributed by atoms with E-state index in [0.717, 1.165) is 17.0 Å². The Bertz CT molecular complexity index is 724. The molecule has 0 aliphatic carbocycles. The summed E-state index contributed by atoms with van der Waals surface area (Å²) in [6.07, 6.45) is 0. The maximum Gasteiger partial charge on any atom is 0.257 e. The second-order valence-electron chi connectivity index (χ2n) is 5.14. The van der Waals surface area contributed by atoms with Gasteiger partial charge in [0.2, 0.25) is 0 Å². The molecule has 0 bridgehead atoms. The SMILES string of the molecule is Cc1nn(C)c(C)c1C(=O)N(C)Cc1cccc(C#N)c1. The fourth-order valence-electron chi connectivity index (χ4n) is 2.36. The lowest BCUT2D eigenvalue weighted by molar-refractivity contribution is 0.0783. The third-order valence-corrected chi connectivity index (χ3v) is 3.55. The molecule has 2 rings (SSSR count). The summed E-state index contributed by atoms with van der Waals surface area (Å²) in [5, 5.41) is 13.2. The fraction of sp³-hybridized carbons (Fsp3) is 0.312. The number of nitrogens with zero attached hydrogens (tertiary/aromatic N) is 4. The standard InChI is InChI=1S/C16H18N4O/c1-11-15(12(2)20(4)18-11)16(21)19(3)10-14-7-5-6-13(8-14)9-17/h5-8H,10H2,1-4H3. The number of aromatic nitrogens is 2. The van der Waals surface area contributed by atoms with Crippen LogP contribution < -0.4 is 0 Å². The average Bonchev–Trinajstić information content (AvgIpc) is 2.71. The first-order valence-corrected chi connectivity index (χ1v) is 6.68. The van der Waals surface area contributed by atoms with Gasteiger partial charge in [-0.15, -0.1) is 0 Å². The molecule has 1 aromatic carbocycles. The van der Waals surface area contributed by atoms with E-state index in [1.807, 2.05) is 33.0 Å². The zero-order valence-electron chi connectivity index (χ0n) is 12.7. The van der Waals surface area contributed by atoms with Crippen LogP contribution in [-0.2, 0) is 13.6 Å². The lowest BCUT2D eigenvalue weighted by Crippen LogP contribution is -2.27. The number of carbonyl (C=O) groups excluding carboxylic acids is 1. The molecule has 21 heavy (non-hydrogen) atoms. The van der Waals surface area contributed by atoms with E-state index in [1.165, 1.54) is 0 Å². The molecule has 5 nitrogen and oxygen atoms in total. The number of aryl methyl sites for hydroxylation is 2. The maximum absolute atomic E-state index is 12.6. The topological polar surface area (TPSA) is 61.9 Å². The molecular weight excluding hydrogens is 264 g/mol. The van der Waals surface area contributed by atoms with E-state index in [0.29, 0.717) is 17.7 Å². The van der Waals surface area contributed by atoms with E-state index < -0.39 is 0 Å². The van der Waals surface area contributed by atoms with Crippen LogP contribution >= 0.6 is 0 Å². The molecule has 0 fully saturated rings. The van der Waals surface area contributed by atoms with Crippen LogP contribution in [0.25, 0.3) is 0 Å². The summed E-state index contributed by atoms with van der Waals surface area (Å²) in [6, 6.07) is 9.39. The Balaban J connectivity index is 2.22. The number of hydrogen-bond acceptors (Lipinski definition) is 3. The van der Waals surface area contributed by atoms with Crippen molar-refractivity contribution in [1.29, 1.82) is 5.26 Å². The Labute approximate surface area is 124 Å². The Morgan fingerprint density at radius 1 is 1.43 bits per heavy atom. The van der Waals surface area contributed by atoms with Crippen LogP contribution in [0.15, 0.2) is 24.3 Å². The Morgan fingerprint density at radius 3 is 2.71 bits per heavy atom. The first-order valence-electron chi connectivity index (χ1n) is 6.68. The van der Waals surface area contributed by atoms with Crippen LogP contribution in [0, 0.1) is 25.2 Å². The van der Waals surface area contributed by atoms with Gasteiger partial charge in [0.05, 0.1) is 22.9 Å². The van der Waals surface area contributed by atoms with Gasteiger partial charge in [0.15, 0.2) is 0 Å². The van der Waals surface area contributed by atoms with E-state index in [4.69, 9.17) is 5.26 Å². The molecule has 0 radical (unpaired) electrons. The van der Waals surface area contributed by atoms with Gasteiger partial charge in [-0.3, -0.25) is 9.48 Å². The normalized spacial score (nSPS) is 10.2. The first-order chi connectivity index (χ1) is 9.93. The van der Waals surface area contributed by atoms with Crippen molar-refractivity contribution in [3.05, 3.63) is 52.3 Å². The molecule has 0 aliphatic heterocycles. The molecule has 108 valence electrons. The summed E-state index contributed by atoms with van der Waals surface area (Å²) in [5.74, 6) is -0.0551. The van der Waals surface area contributed by atoms with Gasteiger partial charge in [0.25, 0.3) is 5.91 Å². The van der Waals surface area contributed by atoms with Crippen LogP contribution in [0.5, 0.6) is 0 Å². The van der Waals surface area contributed by atoms with Gasteiger partial charge in [-0.05, 0) is 31.5 Å². The van der Waals surface area contributed by atoms with Crippen LogP contribution in [-0.4, -0.2) is 27.6 Å². The van der Waals surface area contributed by atoms with E-state index in [9.17, 15) is 4.79 Å². The molecule has 0 N–H and O–H groups in total. The number of rotatable bonds is 3. The molecule has 0 saturated heterocycles. The largest absolute Gasteiger partial charge is 0.337 e. The number of carbonyl (C=O) groups is 1. The monoisotopic (exact) mass is 282 g/mol. The van der Waals surface area contributed by atoms with Crippen LogP contribution in [0.1, 0.15) is 32.9 Å². The summed E-state index contributed by atoms with van der Waals surface area (Å²) >= 11 is 0. The summed E-state index contributed by atoms with van der Waals surface area (Å²) < 4.78 is 1.71. The highest BCUT2D eigenvalue weighted by atomic mass is 16.2. The highest BCUT2D eigenvalue weighted by molar-refractivity contribution is 5.96. The molecule has 0 saturated carbocycles. The Morgan fingerprint density at radius 2 is 2.14 bits per heavy atom. The van der Waals surface area contributed by atoms with Gasteiger partial charge in [-0.2, -0.15) is 10.4 Å². The van der Waals surface area contributed by atoms with E-state index >= 15 is 0 Å². The molecular formula is C16H18N4O. The highest BCUT2D eigenvalue weighted by Gasteiger charge is 2.20. The minimum Gasteiger partial charge on any atom is -0.337 e. The second-order valence-corrected chi connectivity index (χ2v) is 5.14. The molecule has 2 aromatic rings. The first kappa shape index (κ1) is 14.8. The van der Waals surface area contributed by atoms with Gasteiger partial charge in [0.1, 0.15) is 0 Å². The van der Waals surface area contributed by atoms with Crippen molar-refractivity contribution in [3.63, 3.8) is 0 Å². The van der Waals surface area contributed by atoms with Crippen molar-refractivity contribution in [1.82, 2.24) is 14.7 Å². The second kappa shape index (κ2) is 5.80. The Kier molecular flexibility index (Phi) is 4.08. The zero-order valence-corrected chi connectivity index (χ0v) is 12.7. The molecule has 5 heteroatoms.